The maximum absolute atomic E-state index is 12.1. The molecule has 0 fully saturated rings. The van der Waals surface area contributed by atoms with E-state index in [1.165, 1.54) is 25.4 Å². The van der Waals surface area contributed by atoms with Crippen LogP contribution in [0.25, 0.3) is 0 Å². The summed E-state index contributed by atoms with van der Waals surface area (Å²) in [4.78, 5) is 11.5. The van der Waals surface area contributed by atoms with Crippen molar-refractivity contribution < 1.29 is 17.9 Å². The second kappa shape index (κ2) is 5.31. The van der Waals surface area contributed by atoms with Gasteiger partial charge in [0.2, 0.25) is 0 Å². The van der Waals surface area contributed by atoms with E-state index in [0.717, 1.165) is 11.3 Å². The van der Waals surface area contributed by atoms with Crippen molar-refractivity contribution in [1.82, 2.24) is 10.2 Å². The Bertz CT molecular complexity index is 693. The molecule has 10 heteroatoms. The molecule has 2 aromatic rings. The van der Waals surface area contributed by atoms with Crippen LogP contribution in [0.1, 0.15) is 9.67 Å². The molecule has 0 saturated carbocycles. The zero-order valence-electron chi connectivity index (χ0n) is 9.51. The summed E-state index contributed by atoms with van der Waals surface area (Å²) in [5.41, 5.74) is 0. The van der Waals surface area contributed by atoms with Gasteiger partial charge in [-0.15, -0.1) is 11.3 Å². The van der Waals surface area contributed by atoms with Crippen molar-refractivity contribution in [1.29, 1.82) is 0 Å². The molecule has 0 spiro atoms. The number of nitrogens with one attached hydrogen (secondary N) is 2. The van der Waals surface area contributed by atoms with E-state index >= 15 is 0 Å². The van der Waals surface area contributed by atoms with E-state index in [1.807, 2.05) is 0 Å². The van der Waals surface area contributed by atoms with Crippen LogP contribution < -0.4 is 4.72 Å². The second-order valence-electron chi connectivity index (χ2n) is 3.32. The van der Waals surface area contributed by atoms with Gasteiger partial charge in [0.25, 0.3) is 10.0 Å². The number of anilines is 1. The quantitative estimate of drug-likeness (QED) is 0.804. The van der Waals surface area contributed by atoms with Crippen LogP contribution in [0.5, 0.6) is 0 Å². The van der Waals surface area contributed by atoms with E-state index in [-0.39, 0.29) is 15.6 Å². The Morgan fingerprint density at radius 1 is 1.58 bits per heavy atom. The molecule has 0 aliphatic rings. The van der Waals surface area contributed by atoms with Crippen molar-refractivity contribution in [3.8, 4) is 0 Å². The zero-order chi connectivity index (χ0) is 14.0. The van der Waals surface area contributed by atoms with Gasteiger partial charge in [-0.1, -0.05) is 0 Å². The second-order valence-corrected chi connectivity index (χ2v) is 7.34. The van der Waals surface area contributed by atoms with Crippen molar-refractivity contribution >= 4 is 49.1 Å². The van der Waals surface area contributed by atoms with Gasteiger partial charge in [-0.25, -0.2) is 13.2 Å². The number of rotatable bonds is 4. The molecular formula is C9H8BrN3O4S2. The molecule has 0 atom stereocenters. The van der Waals surface area contributed by atoms with Gasteiger partial charge in [0, 0.05) is 6.07 Å². The normalized spacial score (nSPS) is 11.3. The number of carbonyl (C=O) groups is 1. The molecule has 0 aliphatic heterocycles. The van der Waals surface area contributed by atoms with Crippen molar-refractivity contribution in [2.24, 2.45) is 0 Å². The summed E-state index contributed by atoms with van der Waals surface area (Å²) in [6.07, 6.45) is 1.42. The molecule has 0 aromatic carbocycles. The van der Waals surface area contributed by atoms with Crippen LogP contribution in [0, 0.1) is 0 Å². The predicted octanol–water partition coefficient (Wildman–Crippen LogP) is 1.82. The van der Waals surface area contributed by atoms with Crippen molar-refractivity contribution in [3.63, 3.8) is 0 Å². The number of halogens is 1. The van der Waals surface area contributed by atoms with Gasteiger partial charge in [0.05, 0.1) is 17.1 Å². The van der Waals surface area contributed by atoms with Crippen LogP contribution in [-0.4, -0.2) is 31.7 Å². The number of sulfonamides is 1. The van der Waals surface area contributed by atoms with Crippen LogP contribution in [-0.2, 0) is 14.8 Å². The number of H-pyrrole nitrogens is 1. The number of esters is 1. The lowest BCUT2D eigenvalue weighted by Crippen LogP contribution is -2.13. The summed E-state index contributed by atoms with van der Waals surface area (Å²) in [6, 6.07) is 2.72. The van der Waals surface area contributed by atoms with Gasteiger partial charge in [-0.3, -0.25) is 9.82 Å². The summed E-state index contributed by atoms with van der Waals surface area (Å²) in [5.74, 6) is -0.355. The Kier molecular flexibility index (Phi) is 3.92. The van der Waals surface area contributed by atoms with Crippen LogP contribution in [0.4, 0.5) is 5.82 Å². The van der Waals surface area contributed by atoms with Crippen LogP contribution >= 0.6 is 27.3 Å². The third kappa shape index (κ3) is 2.96. The molecule has 2 N–H and O–H groups in total. The summed E-state index contributed by atoms with van der Waals surface area (Å²) in [6.45, 7) is 0. The zero-order valence-corrected chi connectivity index (χ0v) is 12.7. The fraction of sp³-hybridized carbons (Fsp3) is 0.111. The van der Waals surface area contributed by atoms with Crippen LogP contribution in [0.2, 0.25) is 0 Å². The number of carbonyl (C=O) groups excluding carboxylic acids is 1. The molecular weight excluding hydrogens is 358 g/mol. The Hall–Kier alpha value is -1.39. The van der Waals surface area contributed by atoms with E-state index in [2.05, 4.69) is 35.6 Å². The molecule has 2 rings (SSSR count). The number of methoxy groups -OCH3 is 1. The Balaban J connectivity index is 2.35. The van der Waals surface area contributed by atoms with E-state index in [9.17, 15) is 13.2 Å². The van der Waals surface area contributed by atoms with E-state index < -0.39 is 16.0 Å². The SMILES string of the molecule is COC(=O)c1cc(S(=O)(=O)Nc2ccn[nH]2)c(Br)s1. The Labute approximate surface area is 121 Å². The fourth-order valence-electron chi connectivity index (χ4n) is 1.25. The van der Waals surface area contributed by atoms with Gasteiger partial charge >= 0.3 is 5.97 Å². The topological polar surface area (TPSA) is 101 Å². The molecule has 19 heavy (non-hydrogen) atoms. The Morgan fingerprint density at radius 2 is 2.32 bits per heavy atom. The lowest BCUT2D eigenvalue weighted by atomic mass is 10.5. The highest BCUT2D eigenvalue weighted by atomic mass is 79.9. The smallest absolute Gasteiger partial charge is 0.348 e. The van der Waals surface area contributed by atoms with Gasteiger partial charge in [0.15, 0.2) is 0 Å². The highest BCUT2D eigenvalue weighted by Gasteiger charge is 2.24. The molecule has 0 amide bonds. The fourth-order valence-corrected chi connectivity index (χ4v) is 4.75. The third-order valence-corrected chi connectivity index (χ3v) is 5.67. The van der Waals surface area contributed by atoms with E-state index in [1.54, 1.807) is 0 Å². The van der Waals surface area contributed by atoms with Gasteiger partial charge in [-0.05, 0) is 22.0 Å². The molecule has 2 heterocycles. The number of hydrogen-bond acceptors (Lipinski definition) is 6. The lowest BCUT2D eigenvalue weighted by molar-refractivity contribution is 0.0606. The van der Waals surface area contributed by atoms with Gasteiger partial charge in [0.1, 0.15) is 15.6 Å². The highest BCUT2D eigenvalue weighted by molar-refractivity contribution is 9.11. The van der Waals surface area contributed by atoms with Gasteiger partial charge < -0.3 is 4.74 Å². The number of aromatic nitrogens is 2. The summed E-state index contributed by atoms with van der Waals surface area (Å²) in [7, 11) is -2.57. The monoisotopic (exact) mass is 365 g/mol. The standard InChI is InChI=1S/C9H8BrN3O4S2/c1-17-9(14)5-4-6(8(10)18-5)19(15,16)13-7-2-3-11-12-7/h2-4H,1H3,(H2,11,12,13). The first kappa shape index (κ1) is 14.0. The number of aromatic amines is 1. The molecule has 0 radical (unpaired) electrons. The molecule has 0 unspecified atom stereocenters. The average molecular weight is 366 g/mol. The minimum Gasteiger partial charge on any atom is -0.465 e. The van der Waals surface area contributed by atoms with Crippen molar-refractivity contribution in [2.75, 3.05) is 11.8 Å². The van der Waals surface area contributed by atoms with E-state index in [0.29, 0.717) is 3.79 Å². The molecule has 0 aliphatic carbocycles. The molecule has 0 bridgehead atoms. The molecule has 2 aromatic heterocycles. The maximum Gasteiger partial charge on any atom is 0.348 e. The van der Waals surface area contributed by atoms with Crippen LogP contribution in [0.15, 0.2) is 27.0 Å². The number of hydrogen-bond donors (Lipinski definition) is 2. The first-order valence-corrected chi connectivity index (χ1v) is 7.93. The van der Waals surface area contributed by atoms with E-state index in [4.69, 9.17) is 0 Å². The number of ether oxygens (including phenoxy) is 1. The first-order valence-electron chi connectivity index (χ1n) is 4.84. The maximum atomic E-state index is 12.1. The third-order valence-electron chi connectivity index (χ3n) is 2.08. The van der Waals surface area contributed by atoms with Crippen LogP contribution in [0.3, 0.4) is 0 Å². The first-order chi connectivity index (χ1) is 8.94. The minimum atomic E-state index is -3.80. The predicted molar refractivity (Wildman–Crippen MR) is 72.8 cm³/mol. The largest absolute Gasteiger partial charge is 0.465 e. The highest BCUT2D eigenvalue weighted by Crippen LogP contribution is 2.32. The van der Waals surface area contributed by atoms with Crippen molar-refractivity contribution in [2.45, 2.75) is 4.90 Å². The lowest BCUT2D eigenvalue weighted by Gasteiger charge is -2.03. The molecule has 7 nitrogen and oxygen atoms in total. The number of nitrogens with zero attached hydrogens (tertiary/aromatic N) is 1. The summed E-state index contributed by atoms with van der Waals surface area (Å²) >= 11 is 4.10. The minimum absolute atomic E-state index is 0.0347. The summed E-state index contributed by atoms with van der Waals surface area (Å²) < 4.78 is 31.4. The Morgan fingerprint density at radius 3 is 2.89 bits per heavy atom. The molecule has 0 saturated heterocycles. The number of thiophene rings is 1. The average Bonchev–Trinajstić information content (AvgIpc) is 2.97. The summed E-state index contributed by atoms with van der Waals surface area (Å²) in [5, 5.41) is 6.11. The van der Waals surface area contributed by atoms with Gasteiger partial charge in [-0.2, -0.15) is 5.10 Å². The molecule has 102 valence electrons. The van der Waals surface area contributed by atoms with Crippen molar-refractivity contribution in [3.05, 3.63) is 27.0 Å².